The highest BCUT2D eigenvalue weighted by molar-refractivity contribution is 5.79. The number of carbonyl (C=O) groups excluding carboxylic acids is 1. The Bertz CT molecular complexity index is 1160. The van der Waals surface area contributed by atoms with Crippen LogP contribution in [0, 0.1) is 6.92 Å². The minimum atomic E-state index is -5.08. The van der Waals surface area contributed by atoms with Gasteiger partial charge in [0.15, 0.2) is 0 Å². The lowest BCUT2D eigenvalue weighted by Gasteiger charge is -2.34. The lowest BCUT2D eigenvalue weighted by molar-refractivity contribution is -0.192. The summed E-state index contributed by atoms with van der Waals surface area (Å²) < 4.78 is 31.7. The van der Waals surface area contributed by atoms with Crippen molar-refractivity contribution in [3.63, 3.8) is 0 Å². The van der Waals surface area contributed by atoms with Gasteiger partial charge in [-0.3, -0.25) is 4.79 Å². The number of H-pyrrole nitrogens is 1. The summed E-state index contributed by atoms with van der Waals surface area (Å²) in [6, 6.07) is 15.1. The van der Waals surface area contributed by atoms with E-state index in [2.05, 4.69) is 59.5 Å². The zero-order valence-electron chi connectivity index (χ0n) is 19.7. The minimum Gasteiger partial charge on any atom is -0.475 e. The van der Waals surface area contributed by atoms with Crippen LogP contribution in [-0.2, 0) is 22.4 Å². The Balaban J connectivity index is 0.000000429. The molecule has 1 unspecified atom stereocenters. The number of nitrogens with one attached hydrogen (secondary N) is 2. The van der Waals surface area contributed by atoms with Crippen LogP contribution in [0.25, 0.3) is 11.0 Å². The van der Waals surface area contributed by atoms with E-state index in [1.165, 1.54) is 11.1 Å². The van der Waals surface area contributed by atoms with Gasteiger partial charge in [0.25, 0.3) is 0 Å². The third-order valence-corrected chi connectivity index (χ3v) is 5.90. The summed E-state index contributed by atoms with van der Waals surface area (Å²) in [7, 11) is 0. The van der Waals surface area contributed by atoms with E-state index in [1.807, 2.05) is 17.0 Å². The van der Waals surface area contributed by atoms with Gasteiger partial charge in [-0.1, -0.05) is 43.3 Å². The van der Waals surface area contributed by atoms with Crippen molar-refractivity contribution in [3.8, 4) is 0 Å². The van der Waals surface area contributed by atoms with Crippen LogP contribution in [0.2, 0.25) is 0 Å². The number of hydrogen-bond donors (Lipinski definition) is 3. The number of rotatable bonds is 5. The lowest BCUT2D eigenvalue weighted by Crippen LogP contribution is -2.48. The molecule has 1 fully saturated rings. The maximum absolute atomic E-state index is 12.8. The molecule has 3 aromatic rings. The maximum Gasteiger partial charge on any atom is 0.490 e. The third kappa shape index (κ3) is 7.05. The minimum absolute atomic E-state index is 0.203. The Labute approximate surface area is 201 Å². The number of carboxylic acid groups (broad SMARTS) is 1. The van der Waals surface area contributed by atoms with E-state index in [1.54, 1.807) is 0 Å². The Kier molecular flexibility index (Phi) is 8.50. The van der Waals surface area contributed by atoms with Crippen LogP contribution in [-0.4, -0.2) is 57.7 Å². The fourth-order valence-electron chi connectivity index (χ4n) is 3.91. The van der Waals surface area contributed by atoms with Crippen LogP contribution in [0.1, 0.15) is 41.9 Å². The summed E-state index contributed by atoms with van der Waals surface area (Å²) in [6.45, 7) is 6.55. The molecule has 0 aliphatic carbocycles. The van der Waals surface area contributed by atoms with E-state index in [4.69, 9.17) is 9.90 Å². The zero-order valence-corrected chi connectivity index (χ0v) is 19.7. The molecule has 4 rings (SSSR count). The highest BCUT2D eigenvalue weighted by Gasteiger charge is 2.38. The number of fused-ring (bicyclic) bond motifs is 1. The van der Waals surface area contributed by atoms with Crippen LogP contribution in [0.3, 0.4) is 0 Å². The molecule has 35 heavy (non-hydrogen) atoms. The first-order chi connectivity index (χ1) is 16.6. The van der Waals surface area contributed by atoms with E-state index in [9.17, 15) is 18.0 Å². The average Bonchev–Trinajstić information content (AvgIpc) is 3.27. The first-order valence-corrected chi connectivity index (χ1v) is 11.4. The smallest absolute Gasteiger partial charge is 0.475 e. The number of aryl methyl sites for hydroxylation is 3. The SMILES string of the molecule is CCc1ccc(C2CN(C(=O)CCc3nc4c(C)cccc4[nH]3)CCN2)cc1.O=C(O)C(F)(F)F. The molecule has 1 aliphatic heterocycles. The largest absolute Gasteiger partial charge is 0.490 e. The first kappa shape index (κ1) is 26.2. The molecular weight excluding hydrogens is 461 g/mol. The van der Waals surface area contributed by atoms with Crippen molar-refractivity contribution in [2.24, 2.45) is 0 Å². The number of carbonyl (C=O) groups is 2. The van der Waals surface area contributed by atoms with Gasteiger partial charge in [0.2, 0.25) is 5.91 Å². The number of aromatic amines is 1. The van der Waals surface area contributed by atoms with Crippen molar-refractivity contribution in [2.45, 2.75) is 45.3 Å². The summed E-state index contributed by atoms with van der Waals surface area (Å²) >= 11 is 0. The Hall–Kier alpha value is -3.40. The normalized spacial score (nSPS) is 16.0. The molecule has 2 heterocycles. The molecule has 2 aromatic carbocycles. The van der Waals surface area contributed by atoms with Crippen molar-refractivity contribution in [1.82, 2.24) is 20.2 Å². The number of alkyl halides is 3. The molecule has 3 N–H and O–H groups in total. The van der Waals surface area contributed by atoms with Gasteiger partial charge in [-0.05, 0) is 36.1 Å². The number of benzene rings is 2. The number of halogens is 3. The number of imidazole rings is 1. The number of amides is 1. The molecule has 10 heteroatoms. The third-order valence-electron chi connectivity index (χ3n) is 5.90. The van der Waals surface area contributed by atoms with Crippen LogP contribution in [0.15, 0.2) is 42.5 Å². The van der Waals surface area contributed by atoms with E-state index in [0.29, 0.717) is 12.8 Å². The van der Waals surface area contributed by atoms with Crippen molar-refractivity contribution in [1.29, 1.82) is 0 Å². The van der Waals surface area contributed by atoms with Crippen molar-refractivity contribution < 1.29 is 27.9 Å². The number of aromatic nitrogens is 2. The number of carboxylic acids is 1. The van der Waals surface area contributed by atoms with Crippen molar-refractivity contribution in [3.05, 3.63) is 65.0 Å². The van der Waals surface area contributed by atoms with Crippen LogP contribution >= 0.6 is 0 Å². The zero-order chi connectivity index (χ0) is 25.6. The Morgan fingerprint density at radius 1 is 1.17 bits per heavy atom. The molecule has 1 saturated heterocycles. The van der Waals surface area contributed by atoms with Gasteiger partial charge in [-0.25, -0.2) is 9.78 Å². The monoisotopic (exact) mass is 490 g/mol. The number of piperazine rings is 1. The summed E-state index contributed by atoms with van der Waals surface area (Å²) in [4.78, 5) is 31.7. The molecule has 0 radical (unpaired) electrons. The number of hydrogen-bond acceptors (Lipinski definition) is 4. The summed E-state index contributed by atoms with van der Waals surface area (Å²) in [5.74, 6) is -1.67. The van der Waals surface area contributed by atoms with Crippen LogP contribution in [0.4, 0.5) is 13.2 Å². The average molecular weight is 491 g/mol. The molecule has 0 bridgehead atoms. The molecule has 1 amide bonds. The fourth-order valence-corrected chi connectivity index (χ4v) is 3.91. The van der Waals surface area contributed by atoms with Crippen LogP contribution in [0.5, 0.6) is 0 Å². The Morgan fingerprint density at radius 3 is 2.46 bits per heavy atom. The molecular formula is C25H29F3N4O3. The molecule has 1 aromatic heterocycles. The van der Waals surface area contributed by atoms with Gasteiger partial charge in [0, 0.05) is 38.5 Å². The molecule has 7 nitrogen and oxygen atoms in total. The molecule has 0 saturated carbocycles. The standard InChI is InChI=1S/C23H28N4O.C2HF3O2/c1-3-17-7-9-18(10-8-17)20-15-27(14-13-24-20)22(28)12-11-21-25-19-6-4-5-16(2)23(19)26-21;3-2(4,5)1(6)7/h4-10,20,24H,3,11-15H2,1-2H3,(H,25,26);(H,6,7). The van der Waals surface area contributed by atoms with E-state index in [-0.39, 0.29) is 11.9 Å². The van der Waals surface area contributed by atoms with Crippen LogP contribution < -0.4 is 5.32 Å². The van der Waals surface area contributed by atoms with Gasteiger partial charge in [-0.2, -0.15) is 13.2 Å². The lowest BCUT2D eigenvalue weighted by atomic mass is 10.0. The first-order valence-electron chi connectivity index (χ1n) is 11.4. The highest BCUT2D eigenvalue weighted by atomic mass is 19.4. The summed E-state index contributed by atoms with van der Waals surface area (Å²) in [5.41, 5.74) is 5.80. The number of nitrogens with zero attached hydrogens (tertiary/aromatic N) is 2. The topological polar surface area (TPSA) is 98.3 Å². The molecule has 0 spiro atoms. The Morgan fingerprint density at radius 2 is 1.86 bits per heavy atom. The van der Waals surface area contributed by atoms with Gasteiger partial charge in [-0.15, -0.1) is 0 Å². The van der Waals surface area contributed by atoms with E-state index in [0.717, 1.165) is 48.5 Å². The van der Waals surface area contributed by atoms with Crippen molar-refractivity contribution >= 4 is 22.9 Å². The second kappa shape index (κ2) is 11.4. The predicted molar refractivity (Wildman–Crippen MR) is 126 cm³/mol. The van der Waals surface area contributed by atoms with Gasteiger partial charge in [0.1, 0.15) is 5.82 Å². The number of aliphatic carboxylic acids is 1. The second-order valence-corrected chi connectivity index (χ2v) is 8.40. The van der Waals surface area contributed by atoms with Gasteiger partial charge in [0.05, 0.1) is 11.0 Å². The molecule has 1 aliphatic rings. The second-order valence-electron chi connectivity index (χ2n) is 8.40. The van der Waals surface area contributed by atoms with Gasteiger partial charge < -0.3 is 20.3 Å². The summed E-state index contributed by atoms with van der Waals surface area (Å²) in [5, 5.41) is 10.7. The molecule has 1 atom stereocenters. The highest BCUT2D eigenvalue weighted by Crippen LogP contribution is 2.20. The van der Waals surface area contributed by atoms with E-state index >= 15 is 0 Å². The number of para-hydroxylation sites is 1. The quantitative estimate of drug-likeness (QED) is 0.499. The molecule has 188 valence electrons. The fraction of sp³-hybridized carbons (Fsp3) is 0.400. The van der Waals surface area contributed by atoms with Gasteiger partial charge >= 0.3 is 12.1 Å². The predicted octanol–water partition coefficient (Wildman–Crippen LogP) is 4.17. The van der Waals surface area contributed by atoms with E-state index < -0.39 is 12.1 Å². The van der Waals surface area contributed by atoms with Crippen molar-refractivity contribution in [2.75, 3.05) is 19.6 Å². The summed E-state index contributed by atoms with van der Waals surface area (Å²) in [6.07, 6.45) is -2.91. The maximum atomic E-state index is 12.8.